The van der Waals surface area contributed by atoms with Gasteiger partial charge in [-0.25, -0.2) is 9.97 Å². The van der Waals surface area contributed by atoms with Crippen LogP contribution in [0.4, 0.5) is 0 Å². The van der Waals surface area contributed by atoms with Crippen LogP contribution in [0.3, 0.4) is 0 Å². The van der Waals surface area contributed by atoms with Gasteiger partial charge < -0.3 is 24.8 Å². The van der Waals surface area contributed by atoms with Crippen molar-refractivity contribution >= 4 is 0 Å². The first-order valence-electron chi connectivity index (χ1n) is 13.4. The summed E-state index contributed by atoms with van der Waals surface area (Å²) >= 11 is 0. The molecule has 0 saturated carbocycles. The molecule has 4 aliphatic rings. The van der Waals surface area contributed by atoms with E-state index in [0.29, 0.717) is 25.3 Å². The van der Waals surface area contributed by atoms with E-state index >= 15 is 0 Å². The monoisotopic (exact) mass is 494 g/mol. The Labute approximate surface area is 215 Å². The van der Waals surface area contributed by atoms with Crippen molar-refractivity contribution in [3.8, 4) is 45.1 Å². The number of ether oxygens (including phenoxy) is 2. The summed E-state index contributed by atoms with van der Waals surface area (Å²) in [5.74, 6) is 3.89. The fraction of sp³-hybridized carbons (Fsp3) is 0.379. The van der Waals surface area contributed by atoms with E-state index in [4.69, 9.17) is 14.5 Å². The zero-order valence-electron chi connectivity index (χ0n) is 20.9. The molecule has 0 radical (unpaired) electrons. The fourth-order valence-corrected chi connectivity index (χ4v) is 6.48. The first-order valence-corrected chi connectivity index (χ1v) is 13.4. The third-order valence-corrected chi connectivity index (χ3v) is 8.42. The van der Waals surface area contributed by atoms with Crippen molar-refractivity contribution in [3.63, 3.8) is 0 Å². The molecular formula is C29H30N6O2. The quantitative estimate of drug-likeness (QED) is 0.365. The molecule has 3 N–H and O–H groups in total. The molecule has 8 nitrogen and oxygen atoms in total. The van der Waals surface area contributed by atoms with Crippen molar-refractivity contribution in [1.29, 1.82) is 0 Å². The minimum absolute atomic E-state index is 0.318. The number of nitrogens with zero attached hydrogens (tertiary/aromatic N) is 3. The SMILES string of the molecule is CN1CCC[C@H]1c1ncc(-c2cc3c4c(c2)OCc2cc(-c5cnc([C@@H]6CCCN6)[nH]5)cc(c2-4)OC3)[nH]1. The Hall–Kier alpha value is -3.62. The molecule has 0 amide bonds. The Kier molecular flexibility index (Phi) is 4.75. The molecule has 8 rings (SSSR count). The fourth-order valence-electron chi connectivity index (χ4n) is 6.48. The van der Waals surface area contributed by atoms with E-state index in [2.05, 4.69) is 56.5 Å². The van der Waals surface area contributed by atoms with Gasteiger partial charge in [0.2, 0.25) is 0 Å². The molecule has 2 fully saturated rings. The lowest BCUT2D eigenvalue weighted by Crippen LogP contribution is -2.18. The summed E-state index contributed by atoms with van der Waals surface area (Å²) in [7, 11) is 2.17. The van der Waals surface area contributed by atoms with Crippen LogP contribution in [0, 0.1) is 0 Å². The number of aromatic nitrogens is 4. The largest absolute Gasteiger partial charge is 0.488 e. The summed E-state index contributed by atoms with van der Waals surface area (Å²) < 4.78 is 12.7. The summed E-state index contributed by atoms with van der Waals surface area (Å²) in [4.78, 5) is 18.9. The molecule has 0 unspecified atom stereocenters. The molecule has 0 bridgehead atoms. The molecule has 2 aromatic carbocycles. The zero-order chi connectivity index (χ0) is 24.5. The van der Waals surface area contributed by atoms with E-state index in [1.54, 1.807) is 0 Å². The molecule has 4 aromatic rings. The Morgan fingerprint density at radius 1 is 0.811 bits per heavy atom. The maximum atomic E-state index is 6.35. The Morgan fingerprint density at radius 3 is 2.05 bits per heavy atom. The van der Waals surface area contributed by atoms with Gasteiger partial charge >= 0.3 is 0 Å². The maximum absolute atomic E-state index is 6.35. The number of nitrogens with one attached hydrogen (secondary N) is 3. The van der Waals surface area contributed by atoms with Gasteiger partial charge in [-0.1, -0.05) is 0 Å². The minimum atomic E-state index is 0.318. The van der Waals surface area contributed by atoms with Crippen molar-refractivity contribution in [3.05, 3.63) is 59.4 Å². The van der Waals surface area contributed by atoms with Crippen molar-refractivity contribution in [2.24, 2.45) is 0 Å². The lowest BCUT2D eigenvalue weighted by atomic mass is 9.87. The second kappa shape index (κ2) is 8.19. The molecular weight excluding hydrogens is 464 g/mol. The molecule has 0 spiro atoms. The number of aromatic amines is 2. The highest BCUT2D eigenvalue weighted by atomic mass is 16.5. The number of imidazole rings is 2. The van der Waals surface area contributed by atoms with Gasteiger partial charge in [0.1, 0.15) is 36.4 Å². The van der Waals surface area contributed by atoms with Gasteiger partial charge in [0.05, 0.1) is 35.9 Å². The summed E-state index contributed by atoms with van der Waals surface area (Å²) in [6.07, 6.45) is 8.57. The van der Waals surface area contributed by atoms with Gasteiger partial charge in [0.15, 0.2) is 0 Å². The van der Waals surface area contributed by atoms with Crippen molar-refractivity contribution in [1.82, 2.24) is 30.2 Å². The van der Waals surface area contributed by atoms with Gasteiger partial charge in [0, 0.05) is 33.4 Å². The highest BCUT2D eigenvalue weighted by Crippen LogP contribution is 2.50. The predicted molar refractivity (Wildman–Crippen MR) is 140 cm³/mol. The average Bonchev–Trinajstić information content (AvgIpc) is 3.73. The van der Waals surface area contributed by atoms with Gasteiger partial charge in [-0.2, -0.15) is 0 Å². The molecule has 0 aliphatic carbocycles. The van der Waals surface area contributed by atoms with Crippen molar-refractivity contribution in [2.75, 3.05) is 20.1 Å². The average molecular weight is 495 g/mol. The smallest absolute Gasteiger partial charge is 0.128 e. The third-order valence-electron chi connectivity index (χ3n) is 8.42. The van der Waals surface area contributed by atoms with Crippen molar-refractivity contribution < 1.29 is 9.47 Å². The Morgan fingerprint density at radius 2 is 1.46 bits per heavy atom. The van der Waals surface area contributed by atoms with E-state index in [-0.39, 0.29) is 0 Å². The van der Waals surface area contributed by atoms with E-state index in [1.165, 1.54) is 12.8 Å². The second-order valence-electron chi connectivity index (χ2n) is 10.7. The van der Waals surface area contributed by atoms with E-state index < -0.39 is 0 Å². The molecule has 2 aromatic heterocycles. The maximum Gasteiger partial charge on any atom is 0.128 e. The molecule has 8 heteroatoms. The topological polar surface area (TPSA) is 91.1 Å². The van der Waals surface area contributed by atoms with Gasteiger partial charge in [0.25, 0.3) is 0 Å². The number of rotatable bonds is 4. The van der Waals surface area contributed by atoms with Crippen LogP contribution in [0.2, 0.25) is 0 Å². The number of hydrogen-bond acceptors (Lipinski definition) is 6. The lowest BCUT2D eigenvalue weighted by molar-refractivity contribution is 0.278. The minimum Gasteiger partial charge on any atom is -0.488 e. The molecule has 2 atom stereocenters. The molecule has 6 heterocycles. The number of benzene rings is 2. The van der Waals surface area contributed by atoms with E-state index in [9.17, 15) is 0 Å². The molecule has 2 saturated heterocycles. The molecule has 4 aliphatic heterocycles. The number of H-pyrrole nitrogens is 2. The first kappa shape index (κ1) is 21.5. The van der Waals surface area contributed by atoms with Gasteiger partial charge in [-0.05, 0) is 70.1 Å². The van der Waals surface area contributed by atoms with E-state index in [0.717, 1.165) is 93.8 Å². The van der Waals surface area contributed by atoms with E-state index in [1.807, 2.05) is 12.4 Å². The Bertz CT molecular complexity index is 1460. The standard InChI is InChI=1S/C29H30N6O2/c1-35-7-3-5-23(35)29-32-13-22(34-29)17-9-19-15-36-24-10-16(8-18-14-37-25(11-17)27(19)26(18)24)21-12-31-28(33-21)20-4-2-6-30-20/h8-13,20,23,30H,2-7,14-15H2,1H3,(H,31,33)(H,32,34)/t20-,23-/m0/s1. The first-order chi connectivity index (χ1) is 18.2. The summed E-state index contributed by atoms with van der Waals surface area (Å²) in [6, 6.07) is 9.41. The van der Waals surface area contributed by atoms with Gasteiger partial charge in [-0.15, -0.1) is 0 Å². The second-order valence-corrected chi connectivity index (χ2v) is 10.7. The Balaban J connectivity index is 1.14. The normalized spacial score (nSPS) is 22.1. The summed E-state index contributed by atoms with van der Waals surface area (Å²) in [6.45, 7) is 3.21. The highest BCUT2D eigenvalue weighted by molar-refractivity contribution is 5.88. The third kappa shape index (κ3) is 3.43. The van der Waals surface area contributed by atoms with Crippen LogP contribution in [0.1, 0.15) is 60.5 Å². The van der Waals surface area contributed by atoms with Crippen LogP contribution in [0.15, 0.2) is 36.7 Å². The van der Waals surface area contributed by atoms with Crippen LogP contribution < -0.4 is 14.8 Å². The van der Waals surface area contributed by atoms with Crippen LogP contribution in [-0.2, 0) is 13.2 Å². The lowest BCUT2D eigenvalue weighted by Gasteiger charge is -2.30. The number of hydrogen-bond donors (Lipinski definition) is 3. The highest BCUT2D eigenvalue weighted by Gasteiger charge is 2.31. The predicted octanol–water partition coefficient (Wildman–Crippen LogP) is 5.11. The van der Waals surface area contributed by atoms with Crippen LogP contribution in [-0.4, -0.2) is 45.0 Å². The number of likely N-dealkylation sites (tertiary alicyclic amines) is 1. The summed E-state index contributed by atoms with van der Waals surface area (Å²) in [5.41, 5.74) is 8.83. The van der Waals surface area contributed by atoms with Crippen molar-refractivity contribution in [2.45, 2.75) is 51.0 Å². The van der Waals surface area contributed by atoms with Crippen LogP contribution in [0.5, 0.6) is 11.5 Å². The van der Waals surface area contributed by atoms with Crippen LogP contribution in [0.25, 0.3) is 33.6 Å². The molecule has 188 valence electrons. The summed E-state index contributed by atoms with van der Waals surface area (Å²) in [5, 5.41) is 3.52. The zero-order valence-corrected chi connectivity index (χ0v) is 20.9. The van der Waals surface area contributed by atoms with Crippen LogP contribution >= 0.6 is 0 Å². The molecule has 37 heavy (non-hydrogen) atoms. The van der Waals surface area contributed by atoms with Gasteiger partial charge in [-0.3, -0.25) is 4.90 Å².